The average Bonchev–Trinajstić information content (AvgIpc) is 3.10. The fourth-order valence-corrected chi connectivity index (χ4v) is 3.40. The van der Waals surface area contributed by atoms with E-state index in [4.69, 9.17) is 9.84 Å². The van der Waals surface area contributed by atoms with Crippen molar-refractivity contribution >= 4 is 10.9 Å². The van der Waals surface area contributed by atoms with Crippen LogP contribution in [-0.4, -0.2) is 32.7 Å². The third-order valence-electron chi connectivity index (χ3n) is 5.04. The molecule has 166 valence electrons. The van der Waals surface area contributed by atoms with Gasteiger partial charge in [-0.25, -0.2) is 17.9 Å². The standard InChI is InChI=1S/C23H19F3N2O4/c24-19-7-4-13(8-21(19)26)17-6-5-16(9-20(17)25)32-12-14-2-1-3-18-22(14)27-28(23(18)31)10-15(30)11-29/h1-9,15,27,29-30H,10-12H2. The first-order valence-corrected chi connectivity index (χ1v) is 9.74. The van der Waals surface area contributed by atoms with E-state index >= 15 is 0 Å². The molecule has 0 aliphatic rings. The summed E-state index contributed by atoms with van der Waals surface area (Å²) in [6, 6.07) is 12.2. The van der Waals surface area contributed by atoms with Crippen LogP contribution in [0, 0.1) is 17.5 Å². The second kappa shape index (κ2) is 8.89. The van der Waals surface area contributed by atoms with Gasteiger partial charge in [-0.2, -0.15) is 0 Å². The van der Waals surface area contributed by atoms with E-state index in [1.165, 1.54) is 22.9 Å². The van der Waals surface area contributed by atoms with E-state index in [0.29, 0.717) is 16.5 Å². The number of H-pyrrole nitrogens is 1. The van der Waals surface area contributed by atoms with Crippen LogP contribution in [0.15, 0.2) is 59.4 Å². The van der Waals surface area contributed by atoms with Gasteiger partial charge in [-0.3, -0.25) is 9.89 Å². The highest BCUT2D eigenvalue weighted by molar-refractivity contribution is 5.81. The average molecular weight is 444 g/mol. The van der Waals surface area contributed by atoms with Crippen LogP contribution in [0.1, 0.15) is 5.56 Å². The predicted octanol–water partition coefficient (Wildman–Crippen LogP) is 3.35. The second-order valence-corrected chi connectivity index (χ2v) is 7.26. The minimum absolute atomic E-state index is 0.0177. The van der Waals surface area contributed by atoms with Crippen molar-refractivity contribution in [2.24, 2.45) is 0 Å². The molecule has 0 bridgehead atoms. The Morgan fingerprint density at radius 3 is 2.53 bits per heavy atom. The van der Waals surface area contributed by atoms with E-state index in [0.717, 1.165) is 18.2 Å². The zero-order valence-corrected chi connectivity index (χ0v) is 16.7. The maximum absolute atomic E-state index is 14.6. The molecule has 0 amide bonds. The summed E-state index contributed by atoms with van der Waals surface area (Å²) in [5.41, 5.74) is 1.07. The van der Waals surface area contributed by atoms with Gasteiger partial charge in [-0.1, -0.05) is 18.2 Å². The number of hydrogen-bond acceptors (Lipinski definition) is 4. The van der Waals surface area contributed by atoms with Crippen LogP contribution in [0.4, 0.5) is 13.2 Å². The summed E-state index contributed by atoms with van der Waals surface area (Å²) in [7, 11) is 0. The first-order valence-electron chi connectivity index (χ1n) is 9.74. The highest BCUT2D eigenvalue weighted by Crippen LogP contribution is 2.28. The van der Waals surface area contributed by atoms with E-state index in [1.54, 1.807) is 18.2 Å². The second-order valence-electron chi connectivity index (χ2n) is 7.26. The summed E-state index contributed by atoms with van der Waals surface area (Å²) in [6.45, 7) is -0.561. The summed E-state index contributed by atoms with van der Waals surface area (Å²) in [5, 5.41) is 21.9. The molecule has 1 atom stereocenters. The summed E-state index contributed by atoms with van der Waals surface area (Å²) < 4.78 is 48.0. The number of aliphatic hydroxyl groups excluding tert-OH is 2. The fraction of sp³-hybridized carbons (Fsp3) is 0.174. The number of aromatic amines is 1. The summed E-state index contributed by atoms with van der Waals surface area (Å²) in [5.74, 6) is -2.53. The van der Waals surface area contributed by atoms with Gasteiger partial charge in [0, 0.05) is 17.2 Å². The van der Waals surface area contributed by atoms with Gasteiger partial charge in [0.05, 0.1) is 30.2 Å². The smallest absolute Gasteiger partial charge is 0.274 e. The van der Waals surface area contributed by atoms with E-state index in [1.807, 2.05) is 0 Å². The van der Waals surface area contributed by atoms with E-state index in [-0.39, 0.29) is 35.6 Å². The van der Waals surface area contributed by atoms with Crippen LogP contribution < -0.4 is 10.3 Å². The molecule has 4 aromatic rings. The largest absolute Gasteiger partial charge is 0.489 e. The third kappa shape index (κ3) is 4.25. The first-order chi connectivity index (χ1) is 15.4. The molecule has 4 rings (SSSR count). The van der Waals surface area contributed by atoms with Gasteiger partial charge in [-0.05, 0) is 35.9 Å². The van der Waals surface area contributed by atoms with Crippen molar-refractivity contribution in [1.29, 1.82) is 0 Å². The highest BCUT2D eigenvalue weighted by atomic mass is 19.2. The van der Waals surface area contributed by atoms with Crippen LogP contribution in [0.25, 0.3) is 22.0 Å². The number of halogens is 3. The van der Waals surface area contributed by atoms with E-state index in [9.17, 15) is 23.1 Å². The van der Waals surface area contributed by atoms with Crippen LogP contribution >= 0.6 is 0 Å². The summed E-state index contributed by atoms with van der Waals surface area (Å²) in [6.07, 6.45) is -1.09. The number of fused-ring (bicyclic) bond motifs is 1. The van der Waals surface area contributed by atoms with Gasteiger partial charge in [0.25, 0.3) is 5.56 Å². The Labute approximate surface area is 180 Å². The zero-order chi connectivity index (χ0) is 22.8. The third-order valence-corrected chi connectivity index (χ3v) is 5.04. The molecule has 6 nitrogen and oxygen atoms in total. The number of benzene rings is 3. The van der Waals surface area contributed by atoms with Gasteiger partial charge in [0.15, 0.2) is 11.6 Å². The monoisotopic (exact) mass is 444 g/mol. The topological polar surface area (TPSA) is 87.5 Å². The molecule has 0 saturated carbocycles. The maximum atomic E-state index is 14.6. The molecule has 3 aromatic carbocycles. The Balaban J connectivity index is 1.56. The predicted molar refractivity (Wildman–Crippen MR) is 112 cm³/mol. The number of hydrogen-bond donors (Lipinski definition) is 3. The van der Waals surface area contributed by atoms with Crippen molar-refractivity contribution in [3.63, 3.8) is 0 Å². The molecule has 1 heterocycles. The van der Waals surface area contributed by atoms with Gasteiger partial charge in [0.1, 0.15) is 18.2 Å². The zero-order valence-electron chi connectivity index (χ0n) is 16.7. The van der Waals surface area contributed by atoms with Crippen molar-refractivity contribution in [3.05, 3.63) is 88.0 Å². The van der Waals surface area contributed by atoms with Crippen LogP contribution in [-0.2, 0) is 13.2 Å². The number of nitrogens with one attached hydrogen (secondary N) is 1. The number of para-hydroxylation sites is 1. The molecule has 9 heteroatoms. The quantitative estimate of drug-likeness (QED) is 0.408. The molecule has 0 spiro atoms. The van der Waals surface area contributed by atoms with Gasteiger partial charge in [-0.15, -0.1) is 0 Å². The number of nitrogens with zero attached hydrogens (tertiary/aromatic N) is 1. The Hall–Kier alpha value is -3.56. The Kier molecular flexibility index (Phi) is 6.02. The number of aromatic nitrogens is 2. The lowest BCUT2D eigenvalue weighted by Gasteiger charge is -2.10. The molecule has 0 saturated heterocycles. The number of ether oxygens (including phenoxy) is 1. The van der Waals surface area contributed by atoms with Crippen molar-refractivity contribution in [2.45, 2.75) is 19.3 Å². The molecule has 0 aliphatic heterocycles. The van der Waals surface area contributed by atoms with Crippen molar-refractivity contribution in [3.8, 4) is 16.9 Å². The SMILES string of the molecule is O=c1c2cccc(COc3ccc(-c4ccc(F)c(F)c4)c(F)c3)c2[nH]n1CC(O)CO. The Morgan fingerprint density at radius 1 is 1.00 bits per heavy atom. The van der Waals surface area contributed by atoms with Crippen molar-refractivity contribution in [2.75, 3.05) is 6.61 Å². The maximum Gasteiger partial charge on any atom is 0.274 e. The van der Waals surface area contributed by atoms with Gasteiger partial charge >= 0.3 is 0 Å². The molecular weight excluding hydrogens is 425 g/mol. The molecule has 0 radical (unpaired) electrons. The van der Waals surface area contributed by atoms with Gasteiger partial charge < -0.3 is 14.9 Å². The molecule has 1 aromatic heterocycles. The van der Waals surface area contributed by atoms with Crippen molar-refractivity contribution < 1.29 is 28.1 Å². The fourth-order valence-electron chi connectivity index (χ4n) is 3.40. The Morgan fingerprint density at radius 2 is 1.81 bits per heavy atom. The van der Waals surface area contributed by atoms with Crippen molar-refractivity contribution in [1.82, 2.24) is 9.78 Å². The van der Waals surface area contributed by atoms with E-state index in [2.05, 4.69) is 5.10 Å². The molecule has 3 N–H and O–H groups in total. The molecule has 0 fully saturated rings. The summed E-state index contributed by atoms with van der Waals surface area (Å²) in [4.78, 5) is 12.5. The first kappa shape index (κ1) is 21.7. The molecule has 0 aliphatic carbocycles. The molecule has 1 unspecified atom stereocenters. The minimum atomic E-state index is -1.09. The summed E-state index contributed by atoms with van der Waals surface area (Å²) >= 11 is 0. The molecular formula is C23H19F3N2O4. The van der Waals surface area contributed by atoms with E-state index < -0.39 is 30.2 Å². The van der Waals surface area contributed by atoms with Gasteiger partial charge in [0.2, 0.25) is 0 Å². The van der Waals surface area contributed by atoms with Crippen LogP contribution in [0.5, 0.6) is 5.75 Å². The lowest BCUT2D eigenvalue weighted by Crippen LogP contribution is -2.27. The van der Waals surface area contributed by atoms with Crippen LogP contribution in [0.2, 0.25) is 0 Å². The highest BCUT2D eigenvalue weighted by Gasteiger charge is 2.14. The minimum Gasteiger partial charge on any atom is -0.489 e. The lowest BCUT2D eigenvalue weighted by atomic mass is 10.0. The number of rotatable bonds is 7. The lowest BCUT2D eigenvalue weighted by molar-refractivity contribution is 0.0776. The van der Waals surface area contributed by atoms with Crippen LogP contribution in [0.3, 0.4) is 0 Å². The Bertz CT molecular complexity index is 1330. The molecule has 32 heavy (non-hydrogen) atoms. The normalized spacial score (nSPS) is 12.3. The number of aliphatic hydroxyl groups is 2.